The normalized spacial score (nSPS) is 14.1. The van der Waals surface area contributed by atoms with Gasteiger partial charge in [-0.3, -0.25) is 4.79 Å². The monoisotopic (exact) mass is 231 g/mol. The molecule has 1 aromatic rings. The van der Waals surface area contributed by atoms with Crippen molar-refractivity contribution in [2.45, 2.75) is 12.8 Å². The predicted octanol–water partition coefficient (Wildman–Crippen LogP) is 2.11. The van der Waals surface area contributed by atoms with Crippen LogP contribution in [0, 0.1) is 0 Å². The molecule has 0 radical (unpaired) electrons. The molecule has 0 aromatic heterocycles. The van der Waals surface area contributed by atoms with Crippen molar-refractivity contribution in [3.8, 4) is 5.75 Å². The van der Waals surface area contributed by atoms with Crippen LogP contribution in [0.15, 0.2) is 24.8 Å². The molecule has 2 rings (SSSR count). The van der Waals surface area contributed by atoms with Crippen LogP contribution in [-0.4, -0.2) is 31.0 Å². The van der Waals surface area contributed by atoms with E-state index in [-0.39, 0.29) is 5.91 Å². The number of hydrogen-bond acceptors (Lipinski definition) is 2. The summed E-state index contributed by atoms with van der Waals surface area (Å²) < 4.78 is 5.27. The van der Waals surface area contributed by atoms with Crippen LogP contribution in [0.3, 0.4) is 0 Å². The van der Waals surface area contributed by atoms with E-state index in [1.165, 1.54) is 0 Å². The minimum Gasteiger partial charge on any atom is -0.496 e. The third kappa shape index (κ3) is 2.49. The molecule has 1 amide bonds. The zero-order valence-corrected chi connectivity index (χ0v) is 10.1. The second-order valence-electron chi connectivity index (χ2n) is 4.19. The van der Waals surface area contributed by atoms with Crippen molar-refractivity contribution in [1.82, 2.24) is 4.90 Å². The molecule has 0 atom stereocenters. The number of ether oxygens (including phenoxy) is 1. The van der Waals surface area contributed by atoms with Crippen LogP contribution < -0.4 is 4.74 Å². The highest BCUT2D eigenvalue weighted by Gasteiger charge is 2.21. The van der Waals surface area contributed by atoms with Crippen LogP contribution in [0.1, 0.15) is 17.5 Å². The number of carbonyl (C=O) groups excluding carboxylic acids is 1. The van der Waals surface area contributed by atoms with Crippen LogP contribution in [0.5, 0.6) is 5.75 Å². The zero-order valence-electron chi connectivity index (χ0n) is 10.1. The lowest BCUT2D eigenvalue weighted by Gasteiger charge is -2.31. The molecule has 0 N–H and O–H groups in total. The Kier molecular flexibility index (Phi) is 3.47. The largest absolute Gasteiger partial charge is 0.496 e. The summed E-state index contributed by atoms with van der Waals surface area (Å²) in [7, 11) is 1.63. The Morgan fingerprint density at radius 2 is 2.29 bits per heavy atom. The lowest BCUT2D eigenvalue weighted by molar-refractivity contribution is -0.133. The van der Waals surface area contributed by atoms with Crippen molar-refractivity contribution in [1.29, 1.82) is 0 Å². The van der Waals surface area contributed by atoms with Gasteiger partial charge in [0.15, 0.2) is 0 Å². The number of amides is 1. The molecule has 0 spiro atoms. The minimum atomic E-state index is 0.177. The van der Waals surface area contributed by atoms with Crippen molar-refractivity contribution in [3.05, 3.63) is 35.9 Å². The summed E-state index contributed by atoms with van der Waals surface area (Å²) in [6, 6.07) is 5.78. The van der Waals surface area contributed by atoms with Gasteiger partial charge in [0.1, 0.15) is 5.75 Å². The van der Waals surface area contributed by atoms with Gasteiger partial charge in [0.05, 0.1) is 13.5 Å². The number of hydrogen-bond donors (Lipinski definition) is 0. The Labute approximate surface area is 102 Å². The van der Waals surface area contributed by atoms with Gasteiger partial charge in [-0.1, -0.05) is 18.7 Å². The molecule has 3 nitrogen and oxygen atoms in total. The molecular formula is C14H17NO2. The molecule has 1 fully saturated rings. The number of nitrogens with zero attached hydrogens (tertiary/aromatic N) is 1. The van der Waals surface area contributed by atoms with E-state index in [1.807, 2.05) is 23.1 Å². The van der Waals surface area contributed by atoms with Gasteiger partial charge in [-0.2, -0.15) is 0 Å². The Hall–Kier alpha value is -1.77. The van der Waals surface area contributed by atoms with E-state index in [0.717, 1.165) is 36.4 Å². The summed E-state index contributed by atoms with van der Waals surface area (Å²) >= 11 is 0. The lowest BCUT2D eigenvalue weighted by Crippen LogP contribution is -2.42. The van der Waals surface area contributed by atoms with E-state index < -0.39 is 0 Å². The molecule has 3 heteroatoms. The molecular weight excluding hydrogens is 214 g/mol. The highest BCUT2D eigenvalue weighted by molar-refractivity contribution is 5.80. The molecule has 0 saturated carbocycles. The Bertz CT molecular complexity index is 436. The second-order valence-corrected chi connectivity index (χ2v) is 4.19. The van der Waals surface area contributed by atoms with Crippen LogP contribution >= 0.6 is 0 Å². The first-order chi connectivity index (χ1) is 8.24. The van der Waals surface area contributed by atoms with E-state index >= 15 is 0 Å². The summed E-state index contributed by atoms with van der Waals surface area (Å²) in [5.74, 6) is 0.945. The standard InChI is InChI=1S/C14H17NO2/c1-3-11-5-6-13(17-2)12(9-11)10-14(16)15-7-4-8-15/h3,5-6,9H,1,4,7-8,10H2,2H3. The molecule has 1 aliphatic rings. The summed E-state index contributed by atoms with van der Waals surface area (Å²) in [5.41, 5.74) is 1.94. The fraction of sp³-hybridized carbons (Fsp3) is 0.357. The van der Waals surface area contributed by atoms with Crippen LogP contribution in [0.25, 0.3) is 6.08 Å². The maximum Gasteiger partial charge on any atom is 0.227 e. The number of methoxy groups -OCH3 is 1. The topological polar surface area (TPSA) is 29.5 Å². The molecule has 0 unspecified atom stereocenters. The second kappa shape index (κ2) is 5.04. The van der Waals surface area contributed by atoms with Crippen molar-refractivity contribution in [3.63, 3.8) is 0 Å². The molecule has 1 aromatic carbocycles. The lowest BCUT2D eigenvalue weighted by atomic mass is 10.0. The third-order valence-corrected chi connectivity index (χ3v) is 3.09. The molecule has 1 saturated heterocycles. The van der Waals surface area contributed by atoms with Crippen LogP contribution in [0.2, 0.25) is 0 Å². The van der Waals surface area contributed by atoms with Gasteiger partial charge in [0, 0.05) is 18.7 Å². The van der Waals surface area contributed by atoms with Gasteiger partial charge in [0.2, 0.25) is 5.91 Å². The number of benzene rings is 1. The van der Waals surface area contributed by atoms with Crippen LogP contribution in [-0.2, 0) is 11.2 Å². The molecule has 90 valence electrons. The highest BCUT2D eigenvalue weighted by atomic mass is 16.5. The smallest absolute Gasteiger partial charge is 0.227 e. The van der Waals surface area contributed by atoms with Gasteiger partial charge in [-0.05, 0) is 24.1 Å². The van der Waals surface area contributed by atoms with Gasteiger partial charge in [0.25, 0.3) is 0 Å². The first kappa shape index (κ1) is 11.7. The average molecular weight is 231 g/mol. The first-order valence-corrected chi connectivity index (χ1v) is 5.81. The average Bonchev–Trinajstić information content (AvgIpc) is 2.26. The highest BCUT2D eigenvalue weighted by Crippen LogP contribution is 2.22. The minimum absolute atomic E-state index is 0.177. The zero-order chi connectivity index (χ0) is 12.3. The molecule has 1 aliphatic heterocycles. The maximum absolute atomic E-state index is 11.9. The van der Waals surface area contributed by atoms with Gasteiger partial charge in [-0.15, -0.1) is 0 Å². The van der Waals surface area contributed by atoms with E-state index in [1.54, 1.807) is 13.2 Å². The fourth-order valence-corrected chi connectivity index (χ4v) is 1.90. The van der Waals surface area contributed by atoms with Gasteiger partial charge in [-0.25, -0.2) is 0 Å². The Balaban J connectivity index is 2.16. The molecule has 0 bridgehead atoms. The van der Waals surface area contributed by atoms with Crippen molar-refractivity contribution in [2.75, 3.05) is 20.2 Å². The quantitative estimate of drug-likeness (QED) is 0.794. The van der Waals surface area contributed by atoms with E-state index in [0.29, 0.717) is 6.42 Å². The molecule has 1 heterocycles. The van der Waals surface area contributed by atoms with Crippen LogP contribution in [0.4, 0.5) is 0 Å². The number of likely N-dealkylation sites (tertiary alicyclic amines) is 1. The Morgan fingerprint density at radius 1 is 1.53 bits per heavy atom. The molecule has 17 heavy (non-hydrogen) atoms. The Morgan fingerprint density at radius 3 is 2.82 bits per heavy atom. The molecule has 0 aliphatic carbocycles. The van der Waals surface area contributed by atoms with Crippen molar-refractivity contribution >= 4 is 12.0 Å². The summed E-state index contributed by atoms with van der Waals surface area (Å²) in [6.07, 6.45) is 3.30. The van der Waals surface area contributed by atoms with E-state index in [4.69, 9.17) is 4.74 Å². The summed E-state index contributed by atoms with van der Waals surface area (Å²) in [5, 5.41) is 0. The SMILES string of the molecule is C=Cc1ccc(OC)c(CC(=O)N2CCC2)c1. The number of carbonyl (C=O) groups is 1. The van der Waals surface area contributed by atoms with Gasteiger partial charge >= 0.3 is 0 Å². The first-order valence-electron chi connectivity index (χ1n) is 5.81. The predicted molar refractivity (Wildman–Crippen MR) is 68.0 cm³/mol. The number of rotatable bonds is 4. The maximum atomic E-state index is 11.9. The summed E-state index contributed by atoms with van der Waals surface area (Å²) in [6.45, 7) is 5.52. The van der Waals surface area contributed by atoms with Gasteiger partial charge < -0.3 is 9.64 Å². The van der Waals surface area contributed by atoms with E-state index in [2.05, 4.69) is 6.58 Å². The summed E-state index contributed by atoms with van der Waals surface area (Å²) in [4.78, 5) is 13.8. The fourth-order valence-electron chi connectivity index (χ4n) is 1.90. The van der Waals surface area contributed by atoms with E-state index in [9.17, 15) is 4.79 Å². The third-order valence-electron chi connectivity index (χ3n) is 3.09. The van der Waals surface area contributed by atoms with Crippen molar-refractivity contribution in [2.24, 2.45) is 0 Å². The van der Waals surface area contributed by atoms with Crippen molar-refractivity contribution < 1.29 is 9.53 Å².